The molecule has 1 aromatic carbocycles. The van der Waals surface area contributed by atoms with Crippen LogP contribution in [-0.2, 0) is 22.6 Å². The zero-order chi connectivity index (χ0) is 26.2. The minimum Gasteiger partial charge on any atom is -0.390 e. The van der Waals surface area contributed by atoms with Gasteiger partial charge in [0.25, 0.3) is 5.56 Å². The van der Waals surface area contributed by atoms with Crippen molar-refractivity contribution in [2.24, 2.45) is 11.1 Å². The second-order valence-corrected chi connectivity index (χ2v) is 11.1. The molecule has 37 heavy (non-hydrogen) atoms. The van der Waals surface area contributed by atoms with Gasteiger partial charge in [-0.15, -0.1) is 0 Å². The maximum absolute atomic E-state index is 13.0. The molecule has 2 atom stereocenters. The van der Waals surface area contributed by atoms with Crippen molar-refractivity contribution < 1.29 is 14.6 Å². The molecule has 10 nitrogen and oxygen atoms in total. The van der Waals surface area contributed by atoms with Crippen molar-refractivity contribution in [2.45, 2.75) is 55.0 Å². The van der Waals surface area contributed by atoms with Gasteiger partial charge in [0.15, 0.2) is 5.82 Å². The first-order valence-corrected chi connectivity index (χ1v) is 13.5. The van der Waals surface area contributed by atoms with Gasteiger partial charge < -0.3 is 25.2 Å². The number of methoxy groups -OCH3 is 1. The summed E-state index contributed by atoms with van der Waals surface area (Å²) in [6, 6.07) is 3.61. The molecule has 3 N–H and O–H groups in total. The number of ether oxygens (including phenoxy) is 2. The number of nitrogens with zero attached hydrogens (tertiary/aromatic N) is 5. The Morgan fingerprint density at radius 3 is 2.78 bits per heavy atom. The number of aliphatic hydroxyl groups is 1. The van der Waals surface area contributed by atoms with Crippen molar-refractivity contribution in [2.75, 3.05) is 38.3 Å². The van der Waals surface area contributed by atoms with E-state index in [0.29, 0.717) is 57.1 Å². The van der Waals surface area contributed by atoms with E-state index in [2.05, 4.69) is 19.9 Å². The first kappa shape index (κ1) is 26.3. The maximum atomic E-state index is 13.0. The molecule has 2 aliphatic heterocycles. The highest BCUT2D eigenvalue weighted by atomic mass is 35.5. The molecule has 4 heterocycles. The average Bonchev–Trinajstić information content (AvgIpc) is 3.18. The number of hydrogen-bond acceptors (Lipinski definition) is 10. The molecule has 2 aliphatic rings. The molecule has 0 amide bonds. The summed E-state index contributed by atoms with van der Waals surface area (Å²) in [4.78, 5) is 29.5. The Morgan fingerprint density at radius 2 is 2.11 bits per heavy atom. The lowest BCUT2D eigenvalue weighted by Gasteiger charge is -2.41. The standard InChI is InChI=1S/C25H31ClN6O4S/c1-15-22(27)25(13-36-15)5-7-31(8-6-25)23-17(12-33)30-19(11-28-23)37-18-4-3-16-20(21(18)26)24(34)32(14-29-16)9-10-35-2/h3-4,11,14-15,22,33H,5-10,12-13,27H2,1-2H3/t15-,22+/m0/s1. The number of rotatable bonds is 7. The zero-order valence-electron chi connectivity index (χ0n) is 20.9. The van der Waals surface area contributed by atoms with Gasteiger partial charge in [0.2, 0.25) is 0 Å². The number of fused-ring (bicyclic) bond motifs is 1. The van der Waals surface area contributed by atoms with Crippen molar-refractivity contribution in [1.29, 1.82) is 0 Å². The second kappa shape index (κ2) is 10.8. The number of aromatic nitrogens is 4. The molecule has 0 bridgehead atoms. The monoisotopic (exact) mass is 546 g/mol. The molecular weight excluding hydrogens is 516 g/mol. The van der Waals surface area contributed by atoms with Gasteiger partial charge >= 0.3 is 0 Å². The third-order valence-corrected chi connectivity index (χ3v) is 8.97. The van der Waals surface area contributed by atoms with E-state index in [-0.39, 0.29) is 29.7 Å². The van der Waals surface area contributed by atoms with Gasteiger partial charge in [-0.05, 0) is 31.9 Å². The van der Waals surface area contributed by atoms with Crippen LogP contribution in [-0.4, -0.2) is 70.2 Å². The number of nitrogens with two attached hydrogens (primary N) is 1. The number of halogens is 1. The van der Waals surface area contributed by atoms with E-state index in [1.54, 1.807) is 19.4 Å². The fourth-order valence-corrected chi connectivity index (χ4v) is 6.36. The van der Waals surface area contributed by atoms with Crippen molar-refractivity contribution >= 4 is 40.1 Å². The van der Waals surface area contributed by atoms with Gasteiger partial charge in [-0.1, -0.05) is 23.4 Å². The smallest absolute Gasteiger partial charge is 0.262 e. The van der Waals surface area contributed by atoms with Crippen molar-refractivity contribution in [1.82, 2.24) is 19.5 Å². The zero-order valence-corrected chi connectivity index (χ0v) is 22.5. The van der Waals surface area contributed by atoms with Crippen LogP contribution in [0.4, 0.5) is 5.82 Å². The first-order chi connectivity index (χ1) is 17.9. The third-order valence-electron chi connectivity index (χ3n) is 7.50. The van der Waals surface area contributed by atoms with E-state index in [1.807, 2.05) is 13.0 Å². The fraction of sp³-hybridized carbons (Fsp3) is 0.520. The van der Waals surface area contributed by atoms with Crippen LogP contribution >= 0.6 is 23.4 Å². The van der Waals surface area contributed by atoms with Crippen molar-refractivity contribution in [3.8, 4) is 0 Å². The first-order valence-electron chi connectivity index (χ1n) is 12.3. The SMILES string of the molecule is COCCn1cnc2ccc(Sc3cnc(N4CCC5(CC4)CO[C@@H](C)[C@H]5N)c(CO)n3)c(Cl)c2c1=O. The largest absolute Gasteiger partial charge is 0.390 e. The molecule has 2 fully saturated rings. The molecular formula is C25H31ClN6O4S. The number of piperidine rings is 1. The van der Waals surface area contributed by atoms with Gasteiger partial charge in [0.1, 0.15) is 10.7 Å². The summed E-state index contributed by atoms with van der Waals surface area (Å²) in [5.41, 5.74) is 7.25. The molecule has 0 radical (unpaired) electrons. The Balaban J connectivity index is 1.36. The number of hydrogen-bond donors (Lipinski definition) is 2. The Labute approximate surface area is 224 Å². The highest BCUT2D eigenvalue weighted by molar-refractivity contribution is 7.99. The predicted molar refractivity (Wildman–Crippen MR) is 142 cm³/mol. The molecule has 3 aromatic rings. The Morgan fingerprint density at radius 1 is 1.32 bits per heavy atom. The van der Waals surface area contributed by atoms with E-state index in [4.69, 9.17) is 26.8 Å². The quantitative estimate of drug-likeness (QED) is 0.456. The van der Waals surface area contributed by atoms with E-state index in [9.17, 15) is 9.90 Å². The van der Waals surface area contributed by atoms with Gasteiger partial charge in [-0.3, -0.25) is 9.36 Å². The van der Waals surface area contributed by atoms with Crippen LogP contribution in [0.25, 0.3) is 10.9 Å². The van der Waals surface area contributed by atoms with E-state index < -0.39 is 0 Å². The van der Waals surface area contributed by atoms with Crippen LogP contribution in [0.2, 0.25) is 5.02 Å². The number of aliphatic hydroxyl groups excluding tert-OH is 1. The Kier molecular flexibility index (Phi) is 7.71. The van der Waals surface area contributed by atoms with Crippen LogP contribution in [0.15, 0.2) is 39.4 Å². The molecule has 0 saturated carbocycles. The summed E-state index contributed by atoms with van der Waals surface area (Å²) in [6.45, 7) is 4.81. The highest BCUT2D eigenvalue weighted by Crippen LogP contribution is 2.42. The minimum atomic E-state index is -0.238. The van der Waals surface area contributed by atoms with Crippen LogP contribution in [0.3, 0.4) is 0 Å². The molecule has 5 rings (SSSR count). The Hall–Kier alpha value is -2.28. The third kappa shape index (κ3) is 4.96. The van der Waals surface area contributed by atoms with E-state index in [0.717, 1.165) is 25.9 Å². The molecule has 1 spiro atoms. The summed E-state index contributed by atoms with van der Waals surface area (Å²) in [5, 5.41) is 11.3. The molecule has 0 aliphatic carbocycles. The maximum Gasteiger partial charge on any atom is 0.262 e. The van der Waals surface area contributed by atoms with Gasteiger partial charge in [-0.2, -0.15) is 0 Å². The number of anilines is 1. The lowest BCUT2D eigenvalue weighted by molar-refractivity contribution is 0.0973. The fourth-order valence-electron chi connectivity index (χ4n) is 5.18. The van der Waals surface area contributed by atoms with E-state index >= 15 is 0 Å². The lowest BCUT2D eigenvalue weighted by Crippen LogP contribution is -2.51. The summed E-state index contributed by atoms with van der Waals surface area (Å²) >= 11 is 7.97. The molecule has 198 valence electrons. The predicted octanol–water partition coefficient (Wildman–Crippen LogP) is 2.46. The number of benzene rings is 1. The van der Waals surface area contributed by atoms with Crippen molar-refractivity contribution in [3.63, 3.8) is 0 Å². The molecule has 0 unspecified atom stereocenters. The minimum absolute atomic E-state index is 0.00232. The van der Waals surface area contributed by atoms with Crippen LogP contribution < -0.4 is 16.2 Å². The van der Waals surface area contributed by atoms with Gasteiger partial charge in [-0.25, -0.2) is 15.0 Å². The summed E-state index contributed by atoms with van der Waals surface area (Å²) < 4.78 is 12.4. The summed E-state index contributed by atoms with van der Waals surface area (Å²) in [6.07, 6.45) is 5.06. The van der Waals surface area contributed by atoms with Gasteiger partial charge in [0.05, 0.1) is 60.9 Å². The average molecular weight is 547 g/mol. The normalized spacial score (nSPS) is 21.3. The van der Waals surface area contributed by atoms with Gasteiger partial charge in [0, 0.05) is 36.6 Å². The topological polar surface area (TPSA) is 129 Å². The molecule has 2 saturated heterocycles. The lowest BCUT2D eigenvalue weighted by atomic mass is 9.73. The second-order valence-electron chi connectivity index (χ2n) is 9.64. The summed E-state index contributed by atoms with van der Waals surface area (Å²) in [5.74, 6) is 0.678. The van der Waals surface area contributed by atoms with E-state index in [1.165, 1.54) is 22.7 Å². The molecule has 12 heteroatoms. The van der Waals surface area contributed by atoms with Crippen LogP contribution in [0, 0.1) is 5.41 Å². The molecule has 2 aromatic heterocycles. The van der Waals surface area contributed by atoms with Crippen LogP contribution in [0.1, 0.15) is 25.5 Å². The van der Waals surface area contributed by atoms with Crippen LogP contribution in [0.5, 0.6) is 0 Å². The van der Waals surface area contributed by atoms with Crippen molar-refractivity contribution in [3.05, 3.63) is 45.7 Å². The summed E-state index contributed by atoms with van der Waals surface area (Å²) in [7, 11) is 1.58. The highest BCUT2D eigenvalue weighted by Gasteiger charge is 2.47. The Bertz CT molecular complexity index is 1350.